The van der Waals surface area contributed by atoms with Crippen molar-refractivity contribution in [1.82, 2.24) is 10.5 Å². The number of carbonyl (C=O) groups excluding carboxylic acids is 2. The molecule has 160 valence electrons. The van der Waals surface area contributed by atoms with Crippen LogP contribution in [0.4, 0.5) is 5.69 Å². The van der Waals surface area contributed by atoms with E-state index in [0.717, 1.165) is 17.7 Å². The summed E-state index contributed by atoms with van der Waals surface area (Å²) in [6.07, 6.45) is 1.36. The second kappa shape index (κ2) is 8.91. The number of ether oxygens (including phenoxy) is 2. The summed E-state index contributed by atoms with van der Waals surface area (Å²) < 4.78 is 16.1. The largest absolute Gasteiger partial charge is 0.497 e. The van der Waals surface area contributed by atoms with Crippen LogP contribution in [0.15, 0.2) is 59.1 Å². The summed E-state index contributed by atoms with van der Waals surface area (Å²) in [5, 5.41) is 6.66. The van der Waals surface area contributed by atoms with Gasteiger partial charge in [0.25, 0.3) is 11.8 Å². The predicted octanol–water partition coefficient (Wildman–Crippen LogP) is 2.62. The zero-order valence-electron chi connectivity index (χ0n) is 17.3. The average molecular weight is 421 g/mol. The summed E-state index contributed by atoms with van der Waals surface area (Å²) in [6.45, 7) is 0.0321. The molecule has 0 unspecified atom stereocenters. The molecular formula is C23H23N3O5. The Morgan fingerprint density at radius 3 is 2.74 bits per heavy atom. The fourth-order valence-corrected chi connectivity index (χ4v) is 3.39. The molecule has 1 aliphatic heterocycles. The molecule has 4 rings (SSSR count). The van der Waals surface area contributed by atoms with Crippen molar-refractivity contribution in [2.24, 2.45) is 0 Å². The lowest BCUT2D eigenvalue weighted by Crippen LogP contribution is -2.49. The molecule has 0 saturated carbocycles. The normalized spacial score (nSPS) is 15.6. The fourth-order valence-electron chi connectivity index (χ4n) is 3.39. The van der Waals surface area contributed by atoms with Crippen LogP contribution in [-0.2, 0) is 17.6 Å². The third-order valence-electron chi connectivity index (χ3n) is 5.18. The van der Waals surface area contributed by atoms with Crippen molar-refractivity contribution in [3.63, 3.8) is 0 Å². The van der Waals surface area contributed by atoms with Gasteiger partial charge in [0.15, 0.2) is 0 Å². The van der Waals surface area contributed by atoms with Gasteiger partial charge in [0.05, 0.1) is 18.5 Å². The number of aromatic nitrogens is 1. The molecule has 0 aliphatic carbocycles. The van der Waals surface area contributed by atoms with Gasteiger partial charge in [-0.15, -0.1) is 0 Å². The number of benzene rings is 2. The van der Waals surface area contributed by atoms with Crippen molar-refractivity contribution in [3.8, 4) is 11.5 Å². The number of nitrogens with one attached hydrogen (secondary N) is 1. The number of hydrogen-bond acceptors (Lipinski definition) is 6. The maximum Gasteiger partial charge on any atom is 0.290 e. The van der Waals surface area contributed by atoms with Gasteiger partial charge >= 0.3 is 0 Å². The molecule has 0 spiro atoms. The first kappa shape index (κ1) is 20.5. The van der Waals surface area contributed by atoms with Gasteiger partial charge in [0.2, 0.25) is 5.76 Å². The molecule has 2 aromatic carbocycles. The minimum Gasteiger partial charge on any atom is -0.497 e. The highest BCUT2D eigenvalue weighted by atomic mass is 16.5. The molecule has 3 aromatic rings. The van der Waals surface area contributed by atoms with E-state index in [4.69, 9.17) is 14.0 Å². The number of aryl methyl sites for hydroxylation is 2. The molecule has 1 aromatic heterocycles. The Hall–Kier alpha value is -3.81. The zero-order valence-corrected chi connectivity index (χ0v) is 17.3. The van der Waals surface area contributed by atoms with E-state index >= 15 is 0 Å². The number of hydrogen-bond donors (Lipinski definition) is 1. The van der Waals surface area contributed by atoms with Gasteiger partial charge in [-0.1, -0.05) is 29.4 Å². The first-order valence-electron chi connectivity index (χ1n) is 9.94. The van der Waals surface area contributed by atoms with Crippen LogP contribution in [0.5, 0.6) is 11.5 Å². The van der Waals surface area contributed by atoms with Gasteiger partial charge in [-0.2, -0.15) is 0 Å². The predicted molar refractivity (Wildman–Crippen MR) is 114 cm³/mol. The minimum absolute atomic E-state index is 0.0321. The first-order valence-corrected chi connectivity index (χ1v) is 9.94. The van der Waals surface area contributed by atoms with Crippen molar-refractivity contribution in [2.75, 3.05) is 25.7 Å². The number of methoxy groups -OCH3 is 1. The lowest BCUT2D eigenvalue weighted by atomic mass is 10.1. The summed E-state index contributed by atoms with van der Waals surface area (Å²) in [5.41, 5.74) is 2.44. The molecule has 8 heteroatoms. The summed E-state index contributed by atoms with van der Waals surface area (Å²) in [4.78, 5) is 26.9. The van der Waals surface area contributed by atoms with E-state index in [1.165, 1.54) is 4.90 Å². The SMILES string of the molecule is COc1ccc(CCc2cc(C(=O)N[C@H]3COc4ccccc4N(C)C3=O)on2)cc1. The molecular weight excluding hydrogens is 398 g/mol. The van der Waals surface area contributed by atoms with E-state index in [1.54, 1.807) is 32.4 Å². The lowest BCUT2D eigenvalue weighted by Gasteiger charge is -2.19. The molecule has 0 saturated heterocycles. The smallest absolute Gasteiger partial charge is 0.290 e. The third-order valence-corrected chi connectivity index (χ3v) is 5.18. The molecule has 2 amide bonds. The minimum atomic E-state index is -0.835. The van der Waals surface area contributed by atoms with E-state index in [1.807, 2.05) is 36.4 Å². The van der Waals surface area contributed by atoms with Gasteiger partial charge in [0, 0.05) is 13.1 Å². The number of amides is 2. The number of carbonyl (C=O) groups is 2. The Morgan fingerprint density at radius 2 is 1.97 bits per heavy atom. The average Bonchev–Trinajstić information content (AvgIpc) is 3.25. The molecule has 0 radical (unpaired) electrons. The Kier molecular flexibility index (Phi) is 5.88. The number of fused-ring (bicyclic) bond motifs is 1. The Morgan fingerprint density at radius 1 is 1.19 bits per heavy atom. The second-order valence-corrected chi connectivity index (χ2v) is 7.23. The van der Waals surface area contributed by atoms with Crippen molar-refractivity contribution in [1.29, 1.82) is 0 Å². The van der Waals surface area contributed by atoms with Gasteiger partial charge in [-0.05, 0) is 42.7 Å². The van der Waals surface area contributed by atoms with E-state index in [-0.39, 0.29) is 18.3 Å². The molecule has 0 fully saturated rings. The van der Waals surface area contributed by atoms with Crippen LogP contribution in [0.1, 0.15) is 21.8 Å². The molecule has 2 heterocycles. The Labute approximate surface area is 179 Å². The maximum absolute atomic E-state index is 12.8. The van der Waals surface area contributed by atoms with E-state index < -0.39 is 11.9 Å². The van der Waals surface area contributed by atoms with Crippen LogP contribution in [0, 0.1) is 0 Å². The number of anilines is 1. The Balaban J connectivity index is 1.37. The molecule has 1 atom stereocenters. The van der Waals surface area contributed by atoms with Gasteiger partial charge in [-0.25, -0.2) is 0 Å². The van der Waals surface area contributed by atoms with Gasteiger partial charge < -0.3 is 24.2 Å². The summed E-state index contributed by atoms with van der Waals surface area (Å²) >= 11 is 0. The summed E-state index contributed by atoms with van der Waals surface area (Å²) in [6, 6.07) is 15.8. The van der Waals surface area contributed by atoms with Crippen LogP contribution in [0.2, 0.25) is 0 Å². The highest BCUT2D eigenvalue weighted by Gasteiger charge is 2.31. The third kappa shape index (κ3) is 4.53. The molecule has 0 bridgehead atoms. The van der Waals surface area contributed by atoms with E-state index in [2.05, 4.69) is 10.5 Å². The van der Waals surface area contributed by atoms with Crippen LogP contribution in [-0.4, -0.2) is 43.8 Å². The van der Waals surface area contributed by atoms with Crippen molar-refractivity contribution in [2.45, 2.75) is 18.9 Å². The number of nitrogens with zero attached hydrogens (tertiary/aromatic N) is 2. The standard InChI is InChI=1S/C23H23N3O5/c1-26-19-5-3-4-6-20(19)30-14-18(23(26)28)24-22(27)21-13-16(25-31-21)10-7-15-8-11-17(29-2)12-9-15/h3-6,8-9,11-13,18H,7,10,14H2,1-2H3,(H,24,27)/t18-/m0/s1. The summed E-state index contributed by atoms with van der Waals surface area (Å²) in [7, 11) is 3.28. The van der Waals surface area contributed by atoms with Crippen molar-refractivity contribution >= 4 is 17.5 Å². The molecule has 1 aliphatic rings. The topological polar surface area (TPSA) is 93.9 Å². The van der Waals surface area contributed by atoms with E-state index in [9.17, 15) is 9.59 Å². The maximum atomic E-state index is 12.8. The van der Waals surface area contributed by atoms with Crippen LogP contribution < -0.4 is 19.7 Å². The van der Waals surface area contributed by atoms with Crippen molar-refractivity contribution in [3.05, 3.63) is 71.6 Å². The molecule has 1 N–H and O–H groups in total. The number of rotatable bonds is 6. The highest BCUT2D eigenvalue weighted by Crippen LogP contribution is 2.29. The highest BCUT2D eigenvalue weighted by molar-refractivity contribution is 6.02. The first-order chi connectivity index (χ1) is 15.0. The van der Waals surface area contributed by atoms with Crippen molar-refractivity contribution < 1.29 is 23.6 Å². The number of likely N-dealkylation sites (N-methyl/N-ethyl adjacent to an activating group) is 1. The van der Waals surface area contributed by atoms with Crippen LogP contribution >= 0.6 is 0 Å². The van der Waals surface area contributed by atoms with E-state index in [0.29, 0.717) is 23.6 Å². The second-order valence-electron chi connectivity index (χ2n) is 7.23. The zero-order chi connectivity index (χ0) is 21.8. The Bertz CT molecular complexity index is 1080. The fraction of sp³-hybridized carbons (Fsp3) is 0.261. The van der Waals surface area contributed by atoms with Crippen LogP contribution in [0.3, 0.4) is 0 Å². The molecule has 8 nitrogen and oxygen atoms in total. The number of para-hydroxylation sites is 2. The van der Waals surface area contributed by atoms with Crippen LogP contribution in [0.25, 0.3) is 0 Å². The van der Waals surface area contributed by atoms with Gasteiger partial charge in [0.1, 0.15) is 24.1 Å². The monoisotopic (exact) mass is 421 g/mol. The quantitative estimate of drug-likeness (QED) is 0.658. The van der Waals surface area contributed by atoms with Gasteiger partial charge in [-0.3, -0.25) is 9.59 Å². The lowest BCUT2D eigenvalue weighted by molar-refractivity contribution is -0.120. The summed E-state index contributed by atoms with van der Waals surface area (Å²) in [5.74, 6) is 0.675. The molecule has 31 heavy (non-hydrogen) atoms.